The number of benzene rings is 1. The minimum Gasteiger partial charge on any atom is -0.352 e. The fourth-order valence-corrected chi connectivity index (χ4v) is 2.17. The third-order valence-corrected chi connectivity index (χ3v) is 3.51. The van der Waals surface area contributed by atoms with Gasteiger partial charge in [0.2, 0.25) is 0 Å². The molecule has 0 saturated heterocycles. The van der Waals surface area contributed by atoms with Crippen molar-refractivity contribution in [3.8, 4) is 0 Å². The summed E-state index contributed by atoms with van der Waals surface area (Å²) in [5.74, 6) is -0.323. The summed E-state index contributed by atoms with van der Waals surface area (Å²) in [6, 6.07) is 4.30. The van der Waals surface area contributed by atoms with E-state index in [2.05, 4.69) is 26.2 Å². The molecule has 21 heavy (non-hydrogen) atoms. The van der Waals surface area contributed by atoms with Crippen molar-refractivity contribution in [3.63, 3.8) is 0 Å². The summed E-state index contributed by atoms with van der Waals surface area (Å²) in [7, 11) is 0. The Morgan fingerprint density at radius 3 is 2.95 bits per heavy atom. The van der Waals surface area contributed by atoms with Gasteiger partial charge in [0, 0.05) is 37.1 Å². The van der Waals surface area contributed by atoms with E-state index in [1.807, 2.05) is 10.8 Å². The molecule has 8 heteroatoms. The molecule has 2 aromatic rings. The van der Waals surface area contributed by atoms with E-state index in [1.54, 1.807) is 18.6 Å². The third kappa shape index (κ3) is 4.12. The van der Waals surface area contributed by atoms with Crippen molar-refractivity contribution in [3.05, 3.63) is 57.1 Å². The summed E-state index contributed by atoms with van der Waals surface area (Å²) < 4.78 is 2.26. The normalized spacial score (nSPS) is 10.3. The Hall–Kier alpha value is -2.22. The minimum absolute atomic E-state index is 0.124. The molecule has 0 aliphatic heterocycles. The lowest BCUT2D eigenvalue weighted by molar-refractivity contribution is -0.385. The molecular weight excluding hydrogens is 340 g/mol. The van der Waals surface area contributed by atoms with Crippen molar-refractivity contribution in [2.75, 3.05) is 6.54 Å². The second kappa shape index (κ2) is 6.98. The molecule has 1 amide bonds. The number of nitro benzene ring substituents is 1. The number of hydrogen-bond donors (Lipinski definition) is 1. The predicted octanol–water partition coefficient (Wildman–Crippen LogP) is 2.37. The maximum absolute atomic E-state index is 11.9. The number of amides is 1. The highest BCUT2D eigenvalue weighted by Crippen LogP contribution is 2.25. The Kier molecular flexibility index (Phi) is 5.04. The molecule has 2 rings (SSSR count). The first kappa shape index (κ1) is 15.2. The summed E-state index contributed by atoms with van der Waals surface area (Å²) in [5.41, 5.74) is 0.147. The SMILES string of the molecule is O=C(NCCCn1ccnc1)c1ccc(Br)c([N+](=O)[O-])c1. The minimum atomic E-state index is -0.528. The van der Waals surface area contributed by atoms with E-state index in [9.17, 15) is 14.9 Å². The third-order valence-electron chi connectivity index (χ3n) is 2.84. The van der Waals surface area contributed by atoms with E-state index in [0.29, 0.717) is 11.0 Å². The Balaban J connectivity index is 1.88. The molecule has 1 N–H and O–H groups in total. The lowest BCUT2D eigenvalue weighted by Gasteiger charge is -2.06. The van der Waals surface area contributed by atoms with Gasteiger partial charge >= 0.3 is 0 Å². The van der Waals surface area contributed by atoms with Gasteiger partial charge in [-0.1, -0.05) is 0 Å². The number of aromatic nitrogens is 2. The monoisotopic (exact) mass is 352 g/mol. The molecule has 0 unspecified atom stereocenters. The number of nitro groups is 1. The molecule has 0 saturated carbocycles. The lowest BCUT2D eigenvalue weighted by Crippen LogP contribution is -2.25. The fourth-order valence-electron chi connectivity index (χ4n) is 1.78. The van der Waals surface area contributed by atoms with Crippen LogP contribution in [0.25, 0.3) is 0 Å². The lowest BCUT2D eigenvalue weighted by atomic mass is 10.2. The van der Waals surface area contributed by atoms with Crippen molar-refractivity contribution in [1.29, 1.82) is 0 Å². The van der Waals surface area contributed by atoms with Gasteiger partial charge in [-0.2, -0.15) is 0 Å². The van der Waals surface area contributed by atoms with Gasteiger partial charge in [-0.05, 0) is 34.5 Å². The largest absolute Gasteiger partial charge is 0.352 e. The van der Waals surface area contributed by atoms with Crippen LogP contribution in [0.4, 0.5) is 5.69 Å². The number of halogens is 1. The van der Waals surface area contributed by atoms with E-state index in [1.165, 1.54) is 12.1 Å². The topological polar surface area (TPSA) is 90.1 Å². The highest BCUT2D eigenvalue weighted by atomic mass is 79.9. The zero-order valence-corrected chi connectivity index (χ0v) is 12.6. The first-order chi connectivity index (χ1) is 10.1. The molecule has 0 bridgehead atoms. The Bertz CT molecular complexity index is 643. The second-order valence-corrected chi connectivity index (χ2v) is 5.19. The Morgan fingerprint density at radius 2 is 2.29 bits per heavy atom. The van der Waals surface area contributed by atoms with Crippen LogP contribution >= 0.6 is 15.9 Å². The molecule has 0 aliphatic carbocycles. The number of imidazole rings is 1. The maximum Gasteiger partial charge on any atom is 0.284 e. The van der Waals surface area contributed by atoms with Crippen LogP contribution in [0.2, 0.25) is 0 Å². The van der Waals surface area contributed by atoms with E-state index in [-0.39, 0.29) is 17.2 Å². The van der Waals surface area contributed by atoms with Crippen molar-refractivity contribution < 1.29 is 9.72 Å². The molecule has 0 aliphatic rings. The van der Waals surface area contributed by atoms with Crippen LogP contribution < -0.4 is 5.32 Å². The van der Waals surface area contributed by atoms with Crippen LogP contribution in [0.15, 0.2) is 41.4 Å². The van der Waals surface area contributed by atoms with E-state index >= 15 is 0 Å². The van der Waals surface area contributed by atoms with Crippen molar-refractivity contribution in [2.45, 2.75) is 13.0 Å². The van der Waals surface area contributed by atoms with Crippen LogP contribution in [0.5, 0.6) is 0 Å². The van der Waals surface area contributed by atoms with E-state index in [0.717, 1.165) is 13.0 Å². The fraction of sp³-hybridized carbons (Fsp3) is 0.231. The smallest absolute Gasteiger partial charge is 0.284 e. The molecule has 1 heterocycles. The Morgan fingerprint density at radius 1 is 1.48 bits per heavy atom. The average molecular weight is 353 g/mol. The maximum atomic E-state index is 11.9. The predicted molar refractivity (Wildman–Crippen MR) is 80.0 cm³/mol. The van der Waals surface area contributed by atoms with Gasteiger partial charge in [-0.3, -0.25) is 14.9 Å². The molecule has 0 spiro atoms. The van der Waals surface area contributed by atoms with E-state index < -0.39 is 4.92 Å². The number of hydrogen-bond acceptors (Lipinski definition) is 4. The summed E-state index contributed by atoms with van der Waals surface area (Å²) in [5, 5.41) is 13.6. The zero-order valence-electron chi connectivity index (χ0n) is 11.0. The zero-order chi connectivity index (χ0) is 15.2. The number of rotatable bonds is 6. The van der Waals surface area contributed by atoms with Gasteiger partial charge in [0.15, 0.2) is 0 Å². The summed E-state index contributed by atoms with van der Waals surface area (Å²) in [6.07, 6.45) is 6.00. The number of carbonyl (C=O) groups is 1. The number of aryl methyl sites for hydroxylation is 1. The van der Waals surface area contributed by atoms with Crippen molar-refractivity contribution in [1.82, 2.24) is 14.9 Å². The van der Waals surface area contributed by atoms with Gasteiger partial charge in [0.1, 0.15) is 0 Å². The van der Waals surface area contributed by atoms with Crippen LogP contribution in [0, 0.1) is 10.1 Å². The van der Waals surface area contributed by atoms with Gasteiger partial charge < -0.3 is 9.88 Å². The standard InChI is InChI=1S/C13H13BrN4O3/c14-11-3-2-10(8-12(11)18(20)21)13(19)16-4-1-6-17-7-5-15-9-17/h2-3,5,7-9H,1,4,6H2,(H,16,19). The summed E-state index contributed by atoms with van der Waals surface area (Å²) in [4.78, 5) is 26.1. The first-order valence-corrected chi connectivity index (χ1v) is 7.05. The Labute approximate surface area is 129 Å². The molecule has 0 radical (unpaired) electrons. The van der Waals surface area contributed by atoms with Crippen LogP contribution in [-0.2, 0) is 6.54 Å². The number of nitrogens with zero attached hydrogens (tertiary/aromatic N) is 3. The average Bonchev–Trinajstić information content (AvgIpc) is 2.96. The summed E-state index contributed by atoms with van der Waals surface area (Å²) in [6.45, 7) is 1.24. The highest BCUT2D eigenvalue weighted by molar-refractivity contribution is 9.10. The van der Waals surface area contributed by atoms with Gasteiger partial charge in [0.25, 0.3) is 11.6 Å². The van der Waals surface area contributed by atoms with Crippen LogP contribution in [0.1, 0.15) is 16.8 Å². The second-order valence-electron chi connectivity index (χ2n) is 4.33. The molecule has 1 aromatic heterocycles. The summed E-state index contributed by atoms with van der Waals surface area (Å²) >= 11 is 3.08. The van der Waals surface area contributed by atoms with Crippen LogP contribution in [0.3, 0.4) is 0 Å². The van der Waals surface area contributed by atoms with Gasteiger partial charge in [-0.15, -0.1) is 0 Å². The van der Waals surface area contributed by atoms with Crippen LogP contribution in [-0.4, -0.2) is 26.9 Å². The molecule has 1 aromatic carbocycles. The van der Waals surface area contributed by atoms with Crippen molar-refractivity contribution in [2.24, 2.45) is 0 Å². The molecule has 7 nitrogen and oxygen atoms in total. The number of nitrogens with one attached hydrogen (secondary N) is 1. The van der Waals surface area contributed by atoms with Gasteiger partial charge in [-0.25, -0.2) is 4.98 Å². The number of carbonyl (C=O) groups excluding carboxylic acids is 1. The van der Waals surface area contributed by atoms with Crippen molar-refractivity contribution >= 4 is 27.5 Å². The molecule has 0 fully saturated rings. The quantitative estimate of drug-likeness (QED) is 0.490. The van der Waals surface area contributed by atoms with E-state index in [4.69, 9.17) is 0 Å². The highest BCUT2D eigenvalue weighted by Gasteiger charge is 2.15. The van der Waals surface area contributed by atoms with Gasteiger partial charge in [0.05, 0.1) is 15.7 Å². The first-order valence-electron chi connectivity index (χ1n) is 6.26. The molecule has 0 atom stereocenters. The molecule has 110 valence electrons. The molecular formula is C13H13BrN4O3.